The molecule has 1 saturated carbocycles. The lowest BCUT2D eigenvalue weighted by molar-refractivity contribution is 0.0792. The molecule has 39 heavy (non-hydrogen) atoms. The zero-order valence-corrected chi connectivity index (χ0v) is 21.1. The average Bonchev–Trinajstić information content (AvgIpc) is 3.32. The first-order valence-electron chi connectivity index (χ1n) is 12.7. The van der Waals surface area contributed by atoms with Gasteiger partial charge in [-0.3, -0.25) is 19.0 Å². The van der Waals surface area contributed by atoms with Crippen molar-refractivity contribution in [3.05, 3.63) is 70.5 Å². The molecule has 200 valence electrons. The number of carbonyl (C=O) groups excluding carboxylic acids is 2. The first-order chi connectivity index (χ1) is 18.9. The number of pyridine rings is 2. The van der Waals surface area contributed by atoms with E-state index in [1.54, 1.807) is 48.5 Å². The van der Waals surface area contributed by atoms with Gasteiger partial charge in [-0.1, -0.05) is 0 Å². The Hall–Kier alpha value is -4.81. The summed E-state index contributed by atoms with van der Waals surface area (Å²) in [5.41, 5.74) is 1.42. The van der Waals surface area contributed by atoms with Gasteiger partial charge in [-0.05, 0) is 37.1 Å². The van der Waals surface area contributed by atoms with Crippen LogP contribution in [0.1, 0.15) is 40.1 Å². The molecule has 1 aliphatic carbocycles. The molecule has 1 saturated heterocycles. The highest BCUT2D eigenvalue weighted by Gasteiger charge is 2.39. The SMILES string of the molecule is CNc1cc(Nc2cccn(-c3ccc(C(=O)N4CCCC4)cn3)c2=O)nn2c(C(=O)NC3CC3F)cnc12. The van der Waals surface area contributed by atoms with Crippen molar-refractivity contribution in [2.75, 3.05) is 30.8 Å². The minimum Gasteiger partial charge on any atom is -0.385 e. The van der Waals surface area contributed by atoms with Crippen LogP contribution < -0.4 is 21.5 Å². The van der Waals surface area contributed by atoms with Crippen molar-refractivity contribution in [2.45, 2.75) is 31.5 Å². The summed E-state index contributed by atoms with van der Waals surface area (Å²) in [4.78, 5) is 49.1. The topological polar surface area (TPSA) is 139 Å². The fourth-order valence-corrected chi connectivity index (χ4v) is 4.59. The van der Waals surface area contributed by atoms with Crippen LogP contribution >= 0.6 is 0 Å². The third-order valence-electron chi connectivity index (χ3n) is 6.84. The second-order valence-corrected chi connectivity index (χ2v) is 9.53. The lowest BCUT2D eigenvalue weighted by Gasteiger charge is -2.15. The number of fused-ring (bicyclic) bond motifs is 1. The number of halogens is 1. The molecule has 12 nitrogen and oxygen atoms in total. The third kappa shape index (κ3) is 4.67. The van der Waals surface area contributed by atoms with Gasteiger partial charge in [0.05, 0.1) is 23.5 Å². The second kappa shape index (κ2) is 9.82. The molecule has 3 N–H and O–H groups in total. The quantitative estimate of drug-likeness (QED) is 0.330. The number of carbonyl (C=O) groups is 2. The molecule has 1 aliphatic heterocycles. The summed E-state index contributed by atoms with van der Waals surface area (Å²) in [6.07, 6.45) is 5.69. The van der Waals surface area contributed by atoms with Gasteiger partial charge in [-0.2, -0.15) is 0 Å². The summed E-state index contributed by atoms with van der Waals surface area (Å²) in [5.74, 6) is 0.0910. The van der Waals surface area contributed by atoms with E-state index in [2.05, 4.69) is 31.0 Å². The van der Waals surface area contributed by atoms with E-state index in [1.165, 1.54) is 21.5 Å². The predicted octanol–water partition coefficient (Wildman–Crippen LogP) is 2.14. The van der Waals surface area contributed by atoms with Gasteiger partial charge < -0.3 is 20.9 Å². The Kier molecular flexibility index (Phi) is 6.17. The smallest absolute Gasteiger partial charge is 0.279 e. The van der Waals surface area contributed by atoms with Crippen LogP contribution in [-0.4, -0.2) is 73.2 Å². The van der Waals surface area contributed by atoms with Gasteiger partial charge >= 0.3 is 0 Å². The van der Waals surface area contributed by atoms with Gasteiger partial charge in [-0.15, -0.1) is 5.10 Å². The number of rotatable bonds is 7. The van der Waals surface area contributed by atoms with Crippen LogP contribution in [0.15, 0.2) is 53.7 Å². The monoisotopic (exact) mass is 531 g/mol. The number of hydrogen-bond acceptors (Lipinski definition) is 8. The van der Waals surface area contributed by atoms with Crippen molar-refractivity contribution >= 4 is 34.7 Å². The molecule has 0 bridgehead atoms. The van der Waals surface area contributed by atoms with E-state index < -0.39 is 18.1 Å². The van der Waals surface area contributed by atoms with Gasteiger partial charge in [0.15, 0.2) is 17.2 Å². The van der Waals surface area contributed by atoms with E-state index in [9.17, 15) is 18.8 Å². The Labute approximate surface area is 221 Å². The van der Waals surface area contributed by atoms with Crippen molar-refractivity contribution in [2.24, 2.45) is 0 Å². The summed E-state index contributed by atoms with van der Waals surface area (Å²) in [5, 5.41) is 13.1. The Morgan fingerprint density at radius 2 is 1.87 bits per heavy atom. The van der Waals surface area contributed by atoms with Crippen LogP contribution in [0, 0.1) is 0 Å². The number of likely N-dealkylation sites (tertiary alicyclic amines) is 1. The van der Waals surface area contributed by atoms with Crippen molar-refractivity contribution < 1.29 is 14.0 Å². The van der Waals surface area contributed by atoms with Crippen LogP contribution in [-0.2, 0) is 0 Å². The number of aromatic nitrogens is 5. The van der Waals surface area contributed by atoms with Crippen LogP contribution in [0.4, 0.5) is 21.6 Å². The highest BCUT2D eigenvalue weighted by molar-refractivity contribution is 5.95. The van der Waals surface area contributed by atoms with E-state index in [0.717, 1.165) is 25.9 Å². The second-order valence-electron chi connectivity index (χ2n) is 9.53. The number of nitrogens with zero attached hydrogens (tertiary/aromatic N) is 6. The van der Waals surface area contributed by atoms with Crippen LogP contribution in [0.5, 0.6) is 0 Å². The summed E-state index contributed by atoms with van der Waals surface area (Å²) in [6, 6.07) is 7.75. The number of amides is 2. The molecule has 2 fully saturated rings. The average molecular weight is 532 g/mol. The molecule has 4 aromatic rings. The van der Waals surface area contributed by atoms with Crippen LogP contribution in [0.25, 0.3) is 11.5 Å². The van der Waals surface area contributed by atoms with Crippen molar-refractivity contribution in [1.29, 1.82) is 0 Å². The molecule has 2 unspecified atom stereocenters. The molecule has 0 aromatic carbocycles. The first-order valence-corrected chi connectivity index (χ1v) is 12.7. The largest absolute Gasteiger partial charge is 0.385 e. The number of alkyl halides is 1. The van der Waals surface area contributed by atoms with Gasteiger partial charge in [0.25, 0.3) is 17.4 Å². The Morgan fingerprint density at radius 3 is 2.56 bits per heavy atom. The molecule has 6 rings (SSSR count). The van der Waals surface area contributed by atoms with Gasteiger partial charge in [0, 0.05) is 45.0 Å². The Morgan fingerprint density at radius 1 is 1.08 bits per heavy atom. The molecule has 0 spiro atoms. The molecule has 13 heteroatoms. The number of imidazole rings is 1. The summed E-state index contributed by atoms with van der Waals surface area (Å²) in [7, 11) is 1.70. The van der Waals surface area contributed by atoms with Gasteiger partial charge in [0.2, 0.25) is 0 Å². The van der Waals surface area contributed by atoms with Crippen molar-refractivity contribution in [3.63, 3.8) is 0 Å². The molecule has 5 heterocycles. The molecule has 2 amide bonds. The van der Waals surface area contributed by atoms with Crippen molar-refractivity contribution in [3.8, 4) is 5.82 Å². The number of anilines is 3. The maximum Gasteiger partial charge on any atom is 0.279 e. The minimum atomic E-state index is -1.04. The standard InChI is InChI=1S/C26H26FN9O3/c1-28-19-12-21(33-36-20(14-30-23(19)36)24(37)32-18-11-16(18)27)31-17-5-4-10-35(26(17)39)22-7-6-15(13-29-22)25(38)34-8-2-3-9-34/h4-7,10,12-14,16,18,28H,2-3,8-9,11H2,1H3,(H,31,33)(H,32,37). The third-order valence-corrected chi connectivity index (χ3v) is 6.84. The molecule has 2 atom stereocenters. The lowest BCUT2D eigenvalue weighted by atomic mass is 10.2. The van der Waals surface area contributed by atoms with E-state index in [1.807, 2.05) is 0 Å². The number of hydrogen-bond donors (Lipinski definition) is 3. The fourth-order valence-electron chi connectivity index (χ4n) is 4.59. The minimum absolute atomic E-state index is 0.0645. The van der Waals surface area contributed by atoms with Gasteiger partial charge in [-0.25, -0.2) is 18.9 Å². The Balaban J connectivity index is 1.28. The van der Waals surface area contributed by atoms with Crippen molar-refractivity contribution in [1.82, 2.24) is 34.4 Å². The molecular weight excluding hydrogens is 505 g/mol. The number of nitrogens with one attached hydrogen (secondary N) is 3. The van der Waals surface area contributed by atoms with E-state index >= 15 is 0 Å². The lowest BCUT2D eigenvalue weighted by Crippen LogP contribution is -2.28. The normalized spacial score (nSPS) is 18.3. The maximum atomic E-state index is 13.3. The highest BCUT2D eigenvalue weighted by Crippen LogP contribution is 2.26. The zero-order valence-electron chi connectivity index (χ0n) is 21.1. The van der Waals surface area contributed by atoms with Crippen LogP contribution in [0.3, 0.4) is 0 Å². The van der Waals surface area contributed by atoms with E-state index in [-0.39, 0.29) is 35.1 Å². The molecule has 0 radical (unpaired) electrons. The van der Waals surface area contributed by atoms with Crippen LogP contribution in [0.2, 0.25) is 0 Å². The predicted molar refractivity (Wildman–Crippen MR) is 142 cm³/mol. The summed E-state index contributed by atoms with van der Waals surface area (Å²) >= 11 is 0. The zero-order chi connectivity index (χ0) is 27.1. The fraction of sp³-hybridized carbons (Fsp3) is 0.308. The maximum absolute atomic E-state index is 13.3. The highest BCUT2D eigenvalue weighted by atomic mass is 19.1. The summed E-state index contributed by atoms with van der Waals surface area (Å²) < 4.78 is 16.0. The molecule has 4 aromatic heterocycles. The molecule has 2 aliphatic rings. The summed E-state index contributed by atoms with van der Waals surface area (Å²) in [6.45, 7) is 1.49. The first kappa shape index (κ1) is 24.5. The Bertz CT molecular complexity index is 1630. The van der Waals surface area contributed by atoms with E-state index in [4.69, 9.17) is 0 Å². The van der Waals surface area contributed by atoms with Gasteiger partial charge in [0.1, 0.15) is 17.7 Å². The van der Waals surface area contributed by atoms with E-state index in [0.29, 0.717) is 22.7 Å². The molecular formula is C26H26FN9O3.